The molecule has 2 rings (SSSR count). The first-order valence-electron chi connectivity index (χ1n) is 5.81. The van der Waals surface area contributed by atoms with Crippen LogP contribution in [0.15, 0.2) is 30.5 Å². The fourth-order valence-corrected chi connectivity index (χ4v) is 1.73. The van der Waals surface area contributed by atoms with E-state index in [4.69, 9.17) is 0 Å². The minimum absolute atomic E-state index is 0.463. The molecule has 6 heteroatoms. The van der Waals surface area contributed by atoms with Crippen molar-refractivity contribution in [2.24, 2.45) is 0 Å². The zero-order valence-corrected chi connectivity index (χ0v) is 10.6. The van der Waals surface area contributed by atoms with Crippen LogP contribution in [-0.2, 0) is 11.2 Å². The Kier molecular flexibility index (Phi) is 4.02. The highest BCUT2D eigenvalue weighted by Gasteiger charge is 2.15. The van der Waals surface area contributed by atoms with Gasteiger partial charge in [-0.25, -0.2) is 13.2 Å². The van der Waals surface area contributed by atoms with Crippen molar-refractivity contribution < 1.29 is 18.0 Å². The molecule has 0 saturated heterocycles. The summed E-state index contributed by atoms with van der Waals surface area (Å²) in [4.78, 5) is 15.7. The second kappa shape index (κ2) is 5.73. The third-order valence-corrected chi connectivity index (χ3v) is 2.62. The van der Waals surface area contributed by atoms with Crippen LogP contribution in [0.2, 0.25) is 0 Å². The summed E-state index contributed by atoms with van der Waals surface area (Å²) >= 11 is 0. The van der Waals surface area contributed by atoms with Gasteiger partial charge in [0.2, 0.25) is 5.91 Å². The van der Waals surface area contributed by atoms with E-state index in [1.54, 1.807) is 19.1 Å². The van der Waals surface area contributed by atoms with Gasteiger partial charge >= 0.3 is 0 Å². The molecular formula is C14H11F3N2O. The molecule has 0 aliphatic rings. The maximum Gasteiger partial charge on any atom is 0.229 e. The van der Waals surface area contributed by atoms with Crippen molar-refractivity contribution in [2.45, 2.75) is 13.3 Å². The van der Waals surface area contributed by atoms with Gasteiger partial charge in [0.05, 0.1) is 6.42 Å². The van der Waals surface area contributed by atoms with E-state index in [-0.39, 0.29) is 0 Å². The van der Waals surface area contributed by atoms with Crippen LogP contribution in [0, 0.1) is 24.4 Å². The number of anilines is 1. The lowest BCUT2D eigenvalue weighted by Crippen LogP contribution is -2.16. The molecule has 0 spiro atoms. The highest BCUT2D eigenvalue weighted by atomic mass is 19.1. The van der Waals surface area contributed by atoms with Crippen LogP contribution < -0.4 is 5.32 Å². The minimum Gasteiger partial charge on any atom is -0.326 e. The summed E-state index contributed by atoms with van der Waals surface area (Å²) in [5.74, 6) is -3.78. The van der Waals surface area contributed by atoms with E-state index in [2.05, 4.69) is 10.3 Å². The Bertz CT molecular complexity index is 636. The first-order chi connectivity index (χ1) is 9.45. The molecule has 0 aliphatic carbocycles. The van der Waals surface area contributed by atoms with Gasteiger partial charge < -0.3 is 5.32 Å². The number of amides is 1. The normalized spacial score (nSPS) is 10.4. The molecular weight excluding hydrogens is 269 g/mol. The zero-order valence-electron chi connectivity index (χ0n) is 10.6. The number of aryl methyl sites for hydroxylation is 1. The summed E-state index contributed by atoms with van der Waals surface area (Å²) in [7, 11) is 0. The largest absolute Gasteiger partial charge is 0.326 e. The molecule has 0 atom stereocenters. The molecule has 1 N–H and O–H groups in total. The number of carbonyl (C=O) groups is 1. The lowest BCUT2D eigenvalue weighted by molar-refractivity contribution is -0.115. The van der Waals surface area contributed by atoms with Crippen LogP contribution in [0.5, 0.6) is 0 Å². The molecule has 1 aromatic heterocycles. The fourth-order valence-electron chi connectivity index (χ4n) is 1.73. The SMILES string of the molecule is Cc1cc(NC(=O)Cc2c(F)cc(F)cc2F)ccn1. The standard InChI is InChI=1S/C14H11F3N2O/c1-8-4-10(2-3-18-8)19-14(20)7-11-12(16)5-9(15)6-13(11)17/h2-6H,7H2,1H3,(H,18,19,20). The van der Waals surface area contributed by atoms with Crippen LogP contribution in [0.4, 0.5) is 18.9 Å². The first-order valence-corrected chi connectivity index (χ1v) is 5.81. The molecule has 0 radical (unpaired) electrons. The first kappa shape index (κ1) is 14.0. The highest BCUT2D eigenvalue weighted by molar-refractivity contribution is 5.92. The average Bonchev–Trinajstić information content (AvgIpc) is 2.33. The van der Waals surface area contributed by atoms with Gasteiger partial charge in [-0.1, -0.05) is 0 Å². The monoisotopic (exact) mass is 280 g/mol. The number of halogens is 3. The van der Waals surface area contributed by atoms with Gasteiger partial charge in [-0.2, -0.15) is 0 Å². The van der Waals surface area contributed by atoms with Gasteiger partial charge in [0.1, 0.15) is 17.5 Å². The molecule has 2 aromatic rings. The van der Waals surface area contributed by atoms with Crippen LogP contribution in [0.1, 0.15) is 11.3 Å². The highest BCUT2D eigenvalue weighted by Crippen LogP contribution is 2.16. The number of benzene rings is 1. The number of rotatable bonds is 3. The molecule has 0 saturated carbocycles. The van der Waals surface area contributed by atoms with E-state index in [9.17, 15) is 18.0 Å². The number of nitrogens with one attached hydrogen (secondary N) is 1. The summed E-state index contributed by atoms with van der Waals surface area (Å²) in [6.45, 7) is 1.75. The average molecular weight is 280 g/mol. The van der Waals surface area contributed by atoms with E-state index >= 15 is 0 Å². The van der Waals surface area contributed by atoms with E-state index in [0.29, 0.717) is 23.5 Å². The number of aromatic nitrogens is 1. The lowest BCUT2D eigenvalue weighted by Gasteiger charge is -2.07. The van der Waals surface area contributed by atoms with Crippen molar-refractivity contribution in [3.8, 4) is 0 Å². The third kappa shape index (κ3) is 3.34. The predicted molar refractivity (Wildman–Crippen MR) is 67.6 cm³/mol. The van der Waals surface area contributed by atoms with Gasteiger partial charge in [-0.05, 0) is 19.1 Å². The minimum atomic E-state index is -1.08. The van der Waals surface area contributed by atoms with Gasteiger partial charge in [-0.3, -0.25) is 9.78 Å². The third-order valence-electron chi connectivity index (χ3n) is 2.62. The maximum atomic E-state index is 13.4. The number of hydrogen-bond acceptors (Lipinski definition) is 2. The van der Waals surface area contributed by atoms with Crippen molar-refractivity contribution in [1.82, 2.24) is 4.98 Å². The summed E-state index contributed by atoms with van der Waals surface area (Å²) in [5, 5.41) is 2.49. The van der Waals surface area contributed by atoms with Gasteiger partial charge in [0, 0.05) is 35.3 Å². The Morgan fingerprint density at radius 2 is 1.85 bits per heavy atom. The van der Waals surface area contributed by atoms with Crippen LogP contribution in [0.25, 0.3) is 0 Å². The van der Waals surface area contributed by atoms with Crippen molar-refractivity contribution in [3.05, 3.63) is 59.2 Å². The lowest BCUT2D eigenvalue weighted by atomic mass is 10.1. The topological polar surface area (TPSA) is 42.0 Å². The van der Waals surface area contributed by atoms with Crippen LogP contribution >= 0.6 is 0 Å². The maximum absolute atomic E-state index is 13.4. The van der Waals surface area contributed by atoms with Crippen LogP contribution in [0.3, 0.4) is 0 Å². The molecule has 0 unspecified atom stereocenters. The second-order valence-corrected chi connectivity index (χ2v) is 4.26. The predicted octanol–water partition coefficient (Wildman–Crippen LogP) is 2.99. The van der Waals surface area contributed by atoms with Crippen molar-refractivity contribution in [2.75, 3.05) is 5.32 Å². The summed E-state index contributed by atoms with van der Waals surface area (Å²) in [5.41, 5.74) is 0.710. The molecule has 0 fully saturated rings. The van der Waals surface area contributed by atoms with E-state index < -0.39 is 35.3 Å². The molecule has 1 aromatic carbocycles. The van der Waals surface area contributed by atoms with E-state index in [0.717, 1.165) is 0 Å². The molecule has 20 heavy (non-hydrogen) atoms. The quantitative estimate of drug-likeness (QED) is 0.939. The number of nitrogens with zero attached hydrogens (tertiary/aromatic N) is 1. The Morgan fingerprint density at radius 3 is 2.45 bits per heavy atom. The molecule has 0 bridgehead atoms. The van der Waals surface area contributed by atoms with Gasteiger partial charge in [0.15, 0.2) is 0 Å². The Balaban J connectivity index is 2.13. The Hall–Kier alpha value is -2.37. The number of pyridine rings is 1. The van der Waals surface area contributed by atoms with Gasteiger partial charge in [-0.15, -0.1) is 0 Å². The van der Waals surface area contributed by atoms with Crippen molar-refractivity contribution in [3.63, 3.8) is 0 Å². The molecule has 3 nitrogen and oxygen atoms in total. The number of carbonyl (C=O) groups excluding carboxylic acids is 1. The number of hydrogen-bond donors (Lipinski definition) is 1. The molecule has 1 amide bonds. The molecule has 104 valence electrons. The summed E-state index contributed by atoms with van der Waals surface area (Å²) < 4.78 is 39.6. The van der Waals surface area contributed by atoms with E-state index in [1.165, 1.54) is 6.20 Å². The fraction of sp³-hybridized carbons (Fsp3) is 0.143. The van der Waals surface area contributed by atoms with Crippen LogP contribution in [-0.4, -0.2) is 10.9 Å². The summed E-state index contributed by atoms with van der Waals surface area (Å²) in [6, 6.07) is 4.27. The Morgan fingerprint density at radius 1 is 1.20 bits per heavy atom. The van der Waals surface area contributed by atoms with Crippen molar-refractivity contribution in [1.29, 1.82) is 0 Å². The summed E-state index contributed by atoms with van der Waals surface area (Å²) in [6.07, 6.45) is 0.989. The van der Waals surface area contributed by atoms with Gasteiger partial charge in [0.25, 0.3) is 0 Å². The second-order valence-electron chi connectivity index (χ2n) is 4.26. The molecule has 1 heterocycles. The van der Waals surface area contributed by atoms with E-state index in [1.807, 2.05) is 0 Å². The Labute approximate surface area is 113 Å². The zero-order chi connectivity index (χ0) is 14.7. The molecule has 0 aliphatic heterocycles. The smallest absolute Gasteiger partial charge is 0.229 e. The van der Waals surface area contributed by atoms with Crippen molar-refractivity contribution >= 4 is 11.6 Å².